The fraction of sp³-hybridized carbons (Fsp3) is 0.105. The lowest BCUT2D eigenvalue weighted by Gasteiger charge is -2.09. The van der Waals surface area contributed by atoms with Crippen molar-refractivity contribution in [2.45, 2.75) is 0 Å². The number of hydrogen-bond acceptors (Lipinski definition) is 5. The van der Waals surface area contributed by atoms with Crippen LogP contribution < -0.4 is 14.8 Å². The largest absolute Gasteiger partial charge is 0.493 e. The van der Waals surface area contributed by atoms with Crippen molar-refractivity contribution in [1.29, 1.82) is 10.5 Å². The lowest BCUT2D eigenvalue weighted by molar-refractivity contribution is -0.112. The number of carbonyl (C=O) groups is 1. The van der Waals surface area contributed by atoms with Crippen molar-refractivity contribution in [2.24, 2.45) is 0 Å². The van der Waals surface area contributed by atoms with Gasteiger partial charge in [0.05, 0.1) is 7.11 Å². The van der Waals surface area contributed by atoms with E-state index < -0.39 is 11.7 Å². The fourth-order valence-electron chi connectivity index (χ4n) is 2.05. The number of nitrogens with zero attached hydrogens (tertiary/aromatic N) is 2. The Morgan fingerprint density at radius 3 is 2.54 bits per heavy atom. The third kappa shape index (κ3) is 4.83. The predicted molar refractivity (Wildman–Crippen MR) is 92.7 cm³/mol. The Labute approximate surface area is 149 Å². The van der Waals surface area contributed by atoms with Gasteiger partial charge in [0.2, 0.25) is 0 Å². The van der Waals surface area contributed by atoms with E-state index in [1.54, 1.807) is 18.2 Å². The monoisotopic (exact) mass is 351 g/mol. The third-order valence-corrected chi connectivity index (χ3v) is 3.26. The number of hydrogen-bond donors (Lipinski definition) is 1. The summed E-state index contributed by atoms with van der Waals surface area (Å²) in [6.07, 6.45) is 1.38. The first-order valence-electron chi connectivity index (χ1n) is 7.44. The Hall–Kier alpha value is -3.84. The number of benzene rings is 2. The molecule has 0 spiro atoms. The lowest BCUT2D eigenvalue weighted by Crippen LogP contribution is -2.13. The van der Waals surface area contributed by atoms with Gasteiger partial charge in [-0.15, -0.1) is 0 Å². The Kier molecular flexibility index (Phi) is 6.30. The highest BCUT2D eigenvalue weighted by molar-refractivity contribution is 6.09. The van der Waals surface area contributed by atoms with Crippen LogP contribution in [0.15, 0.2) is 48.0 Å². The van der Waals surface area contributed by atoms with E-state index in [1.165, 1.54) is 37.5 Å². The van der Waals surface area contributed by atoms with Gasteiger partial charge in [0.15, 0.2) is 18.1 Å². The molecule has 6 nitrogen and oxygen atoms in total. The molecule has 0 saturated carbocycles. The van der Waals surface area contributed by atoms with Gasteiger partial charge in [-0.25, -0.2) is 4.39 Å². The molecule has 0 fully saturated rings. The molecule has 1 N–H and O–H groups in total. The summed E-state index contributed by atoms with van der Waals surface area (Å²) in [5.74, 6) is -0.307. The normalized spacial score (nSPS) is 10.4. The third-order valence-electron chi connectivity index (χ3n) is 3.26. The van der Waals surface area contributed by atoms with Crippen LogP contribution in [0.5, 0.6) is 11.5 Å². The molecule has 1 amide bonds. The molecule has 0 bridgehead atoms. The molecule has 0 saturated heterocycles. The molecule has 2 aromatic rings. The van der Waals surface area contributed by atoms with Crippen LogP contribution in [-0.4, -0.2) is 19.6 Å². The van der Waals surface area contributed by atoms with Gasteiger partial charge < -0.3 is 14.8 Å². The molecule has 26 heavy (non-hydrogen) atoms. The minimum absolute atomic E-state index is 0.130. The number of halogens is 1. The summed E-state index contributed by atoms with van der Waals surface area (Å²) in [5, 5.41) is 20.3. The van der Waals surface area contributed by atoms with Crippen molar-refractivity contribution >= 4 is 17.7 Å². The molecule has 0 aliphatic carbocycles. The zero-order valence-electron chi connectivity index (χ0n) is 13.8. The van der Waals surface area contributed by atoms with Crippen LogP contribution in [0.25, 0.3) is 6.08 Å². The molecule has 0 aliphatic rings. The van der Waals surface area contributed by atoms with Crippen molar-refractivity contribution < 1.29 is 18.7 Å². The van der Waals surface area contributed by atoms with Crippen LogP contribution in [0.3, 0.4) is 0 Å². The molecule has 0 radical (unpaired) electrons. The minimum Gasteiger partial charge on any atom is -0.493 e. The number of anilines is 1. The van der Waals surface area contributed by atoms with Crippen LogP contribution >= 0.6 is 0 Å². The van der Waals surface area contributed by atoms with Crippen LogP contribution in [0, 0.1) is 28.5 Å². The van der Waals surface area contributed by atoms with Gasteiger partial charge in [0.1, 0.15) is 23.5 Å². The van der Waals surface area contributed by atoms with E-state index in [0.717, 1.165) is 0 Å². The molecule has 2 rings (SSSR count). The van der Waals surface area contributed by atoms with E-state index in [4.69, 9.17) is 14.7 Å². The molecule has 130 valence electrons. The van der Waals surface area contributed by atoms with Gasteiger partial charge in [-0.05, 0) is 48.0 Å². The van der Waals surface area contributed by atoms with E-state index in [9.17, 15) is 14.4 Å². The fourth-order valence-corrected chi connectivity index (χ4v) is 2.05. The van der Waals surface area contributed by atoms with Gasteiger partial charge >= 0.3 is 0 Å². The Morgan fingerprint density at radius 1 is 1.19 bits per heavy atom. The van der Waals surface area contributed by atoms with Crippen LogP contribution in [0.2, 0.25) is 0 Å². The topological polar surface area (TPSA) is 95.1 Å². The molecule has 0 unspecified atom stereocenters. The molecule has 0 heterocycles. The molecule has 0 aromatic heterocycles. The molecule has 2 aromatic carbocycles. The van der Waals surface area contributed by atoms with Crippen LogP contribution in [0.4, 0.5) is 10.1 Å². The minimum atomic E-state index is -0.622. The average molecular weight is 351 g/mol. The van der Waals surface area contributed by atoms with E-state index in [0.29, 0.717) is 22.7 Å². The highest BCUT2D eigenvalue weighted by atomic mass is 19.1. The maximum Gasteiger partial charge on any atom is 0.266 e. The molecular formula is C19H14FN3O3. The zero-order valence-corrected chi connectivity index (χ0v) is 13.8. The van der Waals surface area contributed by atoms with E-state index in [1.807, 2.05) is 12.1 Å². The number of nitriles is 2. The standard InChI is InChI=1S/C19H14FN3O3/c1-25-18-11-13(2-7-17(18)26-9-8-21)10-14(12-22)19(24)23-16-5-3-15(20)4-6-16/h2-7,10-11H,9H2,1H3,(H,23,24)/b14-10+. The van der Waals surface area contributed by atoms with Gasteiger partial charge in [-0.3, -0.25) is 4.79 Å². The van der Waals surface area contributed by atoms with E-state index in [-0.39, 0.29) is 12.2 Å². The summed E-state index contributed by atoms with van der Waals surface area (Å²) >= 11 is 0. The summed E-state index contributed by atoms with van der Waals surface area (Å²) in [7, 11) is 1.44. The quantitative estimate of drug-likeness (QED) is 0.636. The highest BCUT2D eigenvalue weighted by Gasteiger charge is 2.11. The molecule has 7 heteroatoms. The van der Waals surface area contributed by atoms with Crippen LogP contribution in [-0.2, 0) is 4.79 Å². The number of carbonyl (C=O) groups excluding carboxylic acids is 1. The lowest BCUT2D eigenvalue weighted by atomic mass is 10.1. The van der Waals surface area contributed by atoms with E-state index >= 15 is 0 Å². The Bertz CT molecular complexity index is 909. The molecule has 0 aliphatic heterocycles. The molecular weight excluding hydrogens is 337 g/mol. The second kappa shape index (κ2) is 8.86. The van der Waals surface area contributed by atoms with Crippen molar-refractivity contribution in [3.8, 4) is 23.6 Å². The first-order valence-corrected chi connectivity index (χ1v) is 7.44. The van der Waals surface area contributed by atoms with Gasteiger partial charge in [0, 0.05) is 5.69 Å². The SMILES string of the molecule is COc1cc(/C=C(\C#N)C(=O)Nc2ccc(F)cc2)ccc1OCC#N. The average Bonchev–Trinajstić information content (AvgIpc) is 2.66. The highest BCUT2D eigenvalue weighted by Crippen LogP contribution is 2.29. The van der Waals surface area contributed by atoms with E-state index in [2.05, 4.69) is 5.32 Å². The summed E-state index contributed by atoms with van der Waals surface area (Å²) in [5.41, 5.74) is 0.773. The Morgan fingerprint density at radius 2 is 1.92 bits per heavy atom. The second-order valence-corrected chi connectivity index (χ2v) is 4.99. The van der Waals surface area contributed by atoms with Gasteiger partial charge in [-0.2, -0.15) is 10.5 Å². The Balaban J connectivity index is 2.22. The van der Waals surface area contributed by atoms with Crippen LogP contribution in [0.1, 0.15) is 5.56 Å². The van der Waals surface area contributed by atoms with Gasteiger partial charge in [-0.1, -0.05) is 6.07 Å². The number of amides is 1. The predicted octanol–water partition coefficient (Wildman–Crippen LogP) is 3.28. The summed E-state index contributed by atoms with van der Waals surface area (Å²) in [4.78, 5) is 12.2. The smallest absolute Gasteiger partial charge is 0.266 e. The van der Waals surface area contributed by atoms with Crippen molar-refractivity contribution in [2.75, 3.05) is 19.0 Å². The zero-order chi connectivity index (χ0) is 18.9. The number of methoxy groups -OCH3 is 1. The maximum absolute atomic E-state index is 12.9. The van der Waals surface area contributed by atoms with Crippen molar-refractivity contribution in [3.63, 3.8) is 0 Å². The molecule has 0 atom stereocenters. The summed E-state index contributed by atoms with van der Waals surface area (Å²) in [6.45, 7) is -0.130. The van der Waals surface area contributed by atoms with Gasteiger partial charge in [0.25, 0.3) is 5.91 Å². The second-order valence-electron chi connectivity index (χ2n) is 4.99. The first-order chi connectivity index (χ1) is 12.6. The number of rotatable bonds is 6. The summed E-state index contributed by atoms with van der Waals surface area (Å²) in [6, 6.07) is 13.7. The van der Waals surface area contributed by atoms with Crippen molar-refractivity contribution in [3.05, 3.63) is 59.4 Å². The first kappa shape index (κ1) is 18.5. The summed E-state index contributed by atoms with van der Waals surface area (Å²) < 4.78 is 23.3. The maximum atomic E-state index is 12.9. The number of nitrogens with one attached hydrogen (secondary N) is 1. The number of ether oxygens (including phenoxy) is 2. The van der Waals surface area contributed by atoms with Crippen molar-refractivity contribution in [1.82, 2.24) is 0 Å².